The topological polar surface area (TPSA) is 101 Å². The minimum absolute atomic E-state index is 0.00695. The molecule has 1 atom stereocenters. The van der Waals surface area contributed by atoms with Crippen molar-refractivity contribution in [3.05, 3.63) is 47.8 Å². The molecule has 1 aliphatic rings. The minimum atomic E-state index is -3.03. The highest BCUT2D eigenvalue weighted by Gasteiger charge is 2.29. The first-order chi connectivity index (χ1) is 11.9. The van der Waals surface area contributed by atoms with Gasteiger partial charge in [-0.1, -0.05) is 19.1 Å². The van der Waals surface area contributed by atoms with E-state index < -0.39 is 9.84 Å². The summed E-state index contributed by atoms with van der Waals surface area (Å²) in [6, 6.07) is 7.61. The molecule has 1 aliphatic heterocycles. The van der Waals surface area contributed by atoms with Gasteiger partial charge in [-0.15, -0.1) is 0 Å². The zero-order chi connectivity index (χ0) is 17.9. The first-order valence-corrected chi connectivity index (χ1v) is 9.96. The summed E-state index contributed by atoms with van der Waals surface area (Å²) in [5, 5.41) is 5.79. The summed E-state index contributed by atoms with van der Waals surface area (Å²) in [5.41, 5.74) is 2.41. The molecule has 2 aromatic rings. The maximum absolute atomic E-state index is 12.1. The van der Waals surface area contributed by atoms with Gasteiger partial charge >= 0.3 is 0 Å². The number of hydrogen-bond donors (Lipinski definition) is 2. The Morgan fingerprint density at radius 1 is 1.20 bits per heavy atom. The fraction of sp³-hybridized carbons (Fsp3) is 0.353. The molecule has 8 heteroatoms. The van der Waals surface area contributed by atoms with E-state index in [2.05, 4.69) is 27.5 Å². The molecular formula is C17H20N4O3S. The maximum atomic E-state index is 12.1. The molecule has 1 amide bonds. The number of hydrogen-bond acceptors (Lipinski definition) is 6. The highest BCUT2D eigenvalue weighted by molar-refractivity contribution is 7.91. The third kappa shape index (κ3) is 4.54. The van der Waals surface area contributed by atoms with Crippen molar-refractivity contribution in [2.24, 2.45) is 0 Å². The number of aryl methyl sites for hydroxylation is 1. The van der Waals surface area contributed by atoms with Crippen LogP contribution in [0, 0.1) is 0 Å². The molecule has 2 N–H and O–H groups in total. The Morgan fingerprint density at radius 3 is 2.44 bits per heavy atom. The van der Waals surface area contributed by atoms with Crippen LogP contribution in [-0.4, -0.2) is 41.8 Å². The van der Waals surface area contributed by atoms with Gasteiger partial charge in [0, 0.05) is 24.1 Å². The molecule has 1 aromatic heterocycles. The number of anilines is 2. The number of carbonyl (C=O) groups is 1. The van der Waals surface area contributed by atoms with Crippen LogP contribution in [0.5, 0.6) is 0 Å². The van der Waals surface area contributed by atoms with Gasteiger partial charge in [-0.05, 0) is 30.5 Å². The van der Waals surface area contributed by atoms with Gasteiger partial charge in [0.2, 0.25) is 5.95 Å². The second-order valence-corrected chi connectivity index (χ2v) is 8.27. The molecule has 1 saturated heterocycles. The average molecular weight is 360 g/mol. The van der Waals surface area contributed by atoms with Crippen LogP contribution < -0.4 is 10.6 Å². The van der Waals surface area contributed by atoms with Crippen LogP contribution in [-0.2, 0) is 16.3 Å². The number of benzene rings is 1. The zero-order valence-electron chi connectivity index (χ0n) is 13.9. The molecule has 0 aliphatic carbocycles. The summed E-state index contributed by atoms with van der Waals surface area (Å²) in [7, 11) is -3.03. The Balaban J connectivity index is 1.60. The first-order valence-electron chi connectivity index (χ1n) is 8.14. The van der Waals surface area contributed by atoms with E-state index in [9.17, 15) is 13.2 Å². The van der Waals surface area contributed by atoms with Crippen molar-refractivity contribution in [3.63, 3.8) is 0 Å². The number of rotatable bonds is 5. The Kier molecular flexibility index (Phi) is 4.98. The highest BCUT2D eigenvalue weighted by Crippen LogP contribution is 2.15. The lowest BCUT2D eigenvalue weighted by atomic mass is 10.1. The van der Waals surface area contributed by atoms with Gasteiger partial charge in [-0.3, -0.25) is 4.79 Å². The monoisotopic (exact) mass is 360 g/mol. The molecule has 2 heterocycles. The van der Waals surface area contributed by atoms with Crippen molar-refractivity contribution < 1.29 is 13.2 Å². The van der Waals surface area contributed by atoms with Crippen LogP contribution in [0.4, 0.5) is 11.6 Å². The van der Waals surface area contributed by atoms with E-state index in [1.165, 1.54) is 18.0 Å². The van der Waals surface area contributed by atoms with E-state index in [4.69, 9.17) is 0 Å². The summed E-state index contributed by atoms with van der Waals surface area (Å²) in [6.45, 7) is 2.09. The normalized spacial score (nSPS) is 18.7. The van der Waals surface area contributed by atoms with Gasteiger partial charge in [-0.25, -0.2) is 18.4 Å². The SMILES string of the molecule is CCc1ccc(Nc2ncc(C(=O)NC3CCS(=O)(=O)C3)cn2)cc1. The molecular weight excluding hydrogens is 340 g/mol. The van der Waals surface area contributed by atoms with Crippen LogP contribution in [0.15, 0.2) is 36.7 Å². The third-order valence-corrected chi connectivity index (χ3v) is 5.87. The molecule has 0 spiro atoms. The predicted octanol–water partition coefficient (Wildman–Crippen LogP) is 1.70. The van der Waals surface area contributed by atoms with Gasteiger partial charge in [-0.2, -0.15) is 0 Å². The van der Waals surface area contributed by atoms with Gasteiger partial charge in [0.15, 0.2) is 9.84 Å². The Bertz CT molecular complexity index is 848. The molecule has 1 aromatic carbocycles. The number of sulfone groups is 1. The van der Waals surface area contributed by atoms with Gasteiger partial charge < -0.3 is 10.6 Å². The lowest BCUT2D eigenvalue weighted by molar-refractivity contribution is 0.0940. The Hall–Kier alpha value is -2.48. The first kappa shape index (κ1) is 17.3. The molecule has 7 nitrogen and oxygen atoms in total. The quantitative estimate of drug-likeness (QED) is 0.842. The summed E-state index contributed by atoms with van der Waals surface area (Å²) >= 11 is 0. The number of aromatic nitrogens is 2. The second-order valence-electron chi connectivity index (χ2n) is 6.04. The number of amides is 1. The second kappa shape index (κ2) is 7.18. The maximum Gasteiger partial charge on any atom is 0.254 e. The van der Waals surface area contributed by atoms with Crippen LogP contribution in [0.1, 0.15) is 29.3 Å². The van der Waals surface area contributed by atoms with E-state index in [0.29, 0.717) is 17.9 Å². The lowest BCUT2D eigenvalue weighted by Gasteiger charge is -2.11. The highest BCUT2D eigenvalue weighted by atomic mass is 32.2. The van der Waals surface area contributed by atoms with Crippen LogP contribution >= 0.6 is 0 Å². The van der Waals surface area contributed by atoms with Crippen molar-refractivity contribution >= 4 is 27.4 Å². The minimum Gasteiger partial charge on any atom is -0.348 e. The fourth-order valence-corrected chi connectivity index (χ4v) is 4.31. The Labute approximate surface area is 146 Å². The molecule has 25 heavy (non-hydrogen) atoms. The largest absolute Gasteiger partial charge is 0.348 e. The molecule has 0 radical (unpaired) electrons. The van der Waals surface area contributed by atoms with Crippen molar-refractivity contribution in [2.45, 2.75) is 25.8 Å². The summed E-state index contributed by atoms with van der Waals surface area (Å²) < 4.78 is 22.9. The average Bonchev–Trinajstić information content (AvgIpc) is 2.94. The van der Waals surface area contributed by atoms with Crippen LogP contribution in [0.25, 0.3) is 0 Å². The predicted molar refractivity (Wildman–Crippen MR) is 95.7 cm³/mol. The van der Waals surface area contributed by atoms with E-state index in [1.807, 2.05) is 24.3 Å². The standard InChI is InChI=1S/C17H20N4O3S/c1-2-12-3-5-14(6-4-12)21-17-18-9-13(10-19-17)16(22)20-15-7-8-25(23,24)11-15/h3-6,9-10,15H,2,7-8,11H2,1H3,(H,20,22)(H,18,19,21). The molecule has 1 fully saturated rings. The molecule has 0 saturated carbocycles. The van der Waals surface area contributed by atoms with Crippen LogP contribution in [0.2, 0.25) is 0 Å². The third-order valence-electron chi connectivity index (χ3n) is 4.10. The van der Waals surface area contributed by atoms with Crippen molar-refractivity contribution in [2.75, 3.05) is 16.8 Å². The van der Waals surface area contributed by atoms with E-state index >= 15 is 0 Å². The van der Waals surface area contributed by atoms with Crippen molar-refractivity contribution in [1.29, 1.82) is 0 Å². The van der Waals surface area contributed by atoms with Crippen LogP contribution in [0.3, 0.4) is 0 Å². The van der Waals surface area contributed by atoms with Gasteiger partial charge in [0.25, 0.3) is 5.91 Å². The summed E-state index contributed by atoms with van der Waals surface area (Å²) in [4.78, 5) is 20.4. The van der Waals surface area contributed by atoms with Crippen molar-refractivity contribution in [1.82, 2.24) is 15.3 Å². The number of carbonyl (C=O) groups excluding carboxylic acids is 1. The van der Waals surface area contributed by atoms with E-state index in [1.54, 1.807) is 0 Å². The smallest absolute Gasteiger partial charge is 0.254 e. The molecule has 132 valence electrons. The number of nitrogens with zero attached hydrogens (tertiary/aromatic N) is 2. The molecule has 0 bridgehead atoms. The fourth-order valence-electron chi connectivity index (χ4n) is 2.64. The van der Waals surface area contributed by atoms with Crippen molar-refractivity contribution in [3.8, 4) is 0 Å². The summed E-state index contributed by atoms with van der Waals surface area (Å²) in [5.74, 6) is 0.145. The molecule has 3 rings (SSSR count). The zero-order valence-corrected chi connectivity index (χ0v) is 14.7. The lowest BCUT2D eigenvalue weighted by Crippen LogP contribution is -2.35. The van der Waals surface area contributed by atoms with E-state index in [0.717, 1.165) is 12.1 Å². The summed E-state index contributed by atoms with van der Waals surface area (Å²) in [6.07, 6.45) is 4.27. The molecule has 1 unspecified atom stereocenters. The van der Waals surface area contributed by atoms with Gasteiger partial charge in [0.1, 0.15) is 0 Å². The van der Waals surface area contributed by atoms with E-state index in [-0.39, 0.29) is 23.5 Å². The van der Waals surface area contributed by atoms with Gasteiger partial charge in [0.05, 0.1) is 17.1 Å². The number of nitrogens with one attached hydrogen (secondary N) is 2. The Morgan fingerprint density at radius 2 is 1.88 bits per heavy atom.